The Morgan fingerprint density at radius 1 is 1.15 bits per heavy atom. The van der Waals surface area contributed by atoms with Crippen LogP contribution in [0.5, 0.6) is 5.75 Å². The second-order valence-corrected chi connectivity index (χ2v) is 6.01. The fourth-order valence-electron chi connectivity index (χ4n) is 2.24. The highest BCUT2D eigenvalue weighted by Crippen LogP contribution is 2.16. The summed E-state index contributed by atoms with van der Waals surface area (Å²) in [6.07, 6.45) is 1.97. The Morgan fingerprint density at radius 2 is 1.85 bits per heavy atom. The summed E-state index contributed by atoms with van der Waals surface area (Å²) < 4.78 is 5.11. The molecule has 2 aromatic rings. The van der Waals surface area contributed by atoms with Gasteiger partial charge in [0.15, 0.2) is 0 Å². The smallest absolute Gasteiger partial charge is 0.267 e. The molecule has 0 heterocycles. The Balaban J connectivity index is 2.25. The van der Waals surface area contributed by atoms with E-state index in [1.807, 2.05) is 0 Å². The van der Waals surface area contributed by atoms with E-state index >= 15 is 0 Å². The van der Waals surface area contributed by atoms with Crippen molar-refractivity contribution in [3.8, 4) is 5.75 Å². The molecule has 6 nitrogen and oxygen atoms in total. The second kappa shape index (κ2) is 10.4. The van der Waals surface area contributed by atoms with Crippen LogP contribution in [0.25, 0.3) is 6.08 Å². The number of methoxy groups -OCH3 is 1. The van der Waals surface area contributed by atoms with Crippen LogP contribution in [0.2, 0.25) is 5.02 Å². The van der Waals surface area contributed by atoms with E-state index in [1.54, 1.807) is 61.7 Å². The minimum absolute atomic E-state index is 0.0379. The number of nitrogens with one attached hydrogen (secondary N) is 2. The first-order valence-electron chi connectivity index (χ1n) is 8.36. The van der Waals surface area contributed by atoms with Crippen molar-refractivity contribution in [1.29, 1.82) is 0 Å². The summed E-state index contributed by atoms with van der Waals surface area (Å²) in [5, 5.41) is 14.4. The number of aliphatic hydroxyl groups excluding tert-OH is 1. The summed E-state index contributed by atoms with van der Waals surface area (Å²) in [6.45, 7) is 0.251. The van der Waals surface area contributed by atoms with Crippen molar-refractivity contribution in [2.24, 2.45) is 0 Å². The van der Waals surface area contributed by atoms with Gasteiger partial charge in [0.2, 0.25) is 0 Å². The van der Waals surface area contributed by atoms with Crippen LogP contribution >= 0.6 is 11.6 Å². The van der Waals surface area contributed by atoms with E-state index in [0.717, 1.165) is 0 Å². The summed E-state index contributed by atoms with van der Waals surface area (Å²) >= 11 is 6.06. The van der Waals surface area contributed by atoms with Crippen molar-refractivity contribution in [1.82, 2.24) is 10.6 Å². The van der Waals surface area contributed by atoms with E-state index in [0.29, 0.717) is 22.8 Å². The number of hydrogen-bond donors (Lipinski definition) is 3. The average molecular weight is 389 g/mol. The van der Waals surface area contributed by atoms with Crippen LogP contribution in [0.1, 0.15) is 22.3 Å². The quantitative estimate of drug-likeness (QED) is 0.479. The standard InChI is InChI=1S/C20H21ClN2O4/c1-27-15-9-7-14(8-10-15)13-18(20(26)22-11-4-12-24)23-19(25)16-5-2-3-6-17(16)21/h2-3,5-10,13,24H,4,11-12H2,1H3,(H,22,26)(H,23,25). The van der Waals surface area contributed by atoms with Crippen LogP contribution < -0.4 is 15.4 Å². The molecule has 2 amide bonds. The molecule has 0 saturated carbocycles. The van der Waals surface area contributed by atoms with E-state index < -0.39 is 11.8 Å². The fourth-order valence-corrected chi connectivity index (χ4v) is 2.46. The van der Waals surface area contributed by atoms with Crippen LogP contribution in [0.3, 0.4) is 0 Å². The van der Waals surface area contributed by atoms with Crippen LogP contribution in [0.4, 0.5) is 0 Å². The Labute approximate surface area is 162 Å². The van der Waals surface area contributed by atoms with Gasteiger partial charge in [-0.3, -0.25) is 9.59 Å². The lowest BCUT2D eigenvalue weighted by Gasteiger charge is -2.12. The number of carbonyl (C=O) groups excluding carboxylic acids is 2. The molecule has 0 saturated heterocycles. The maximum atomic E-state index is 12.5. The molecule has 3 N–H and O–H groups in total. The summed E-state index contributed by atoms with van der Waals surface area (Å²) in [7, 11) is 1.56. The molecular formula is C20H21ClN2O4. The van der Waals surface area contributed by atoms with Gasteiger partial charge in [-0.2, -0.15) is 0 Å². The molecule has 0 aromatic heterocycles. The van der Waals surface area contributed by atoms with E-state index in [-0.39, 0.29) is 24.4 Å². The molecule has 0 radical (unpaired) electrons. The van der Waals surface area contributed by atoms with Gasteiger partial charge in [-0.1, -0.05) is 35.9 Å². The van der Waals surface area contributed by atoms with Gasteiger partial charge in [-0.05, 0) is 42.3 Å². The molecular weight excluding hydrogens is 368 g/mol. The van der Waals surface area contributed by atoms with Gasteiger partial charge in [0.25, 0.3) is 11.8 Å². The Kier molecular flexibility index (Phi) is 7.85. The van der Waals surface area contributed by atoms with Gasteiger partial charge in [0.05, 0.1) is 17.7 Å². The van der Waals surface area contributed by atoms with E-state index in [1.165, 1.54) is 0 Å². The molecule has 7 heteroatoms. The number of carbonyl (C=O) groups is 2. The van der Waals surface area contributed by atoms with Gasteiger partial charge >= 0.3 is 0 Å². The molecule has 0 bridgehead atoms. The molecule has 27 heavy (non-hydrogen) atoms. The lowest BCUT2D eigenvalue weighted by Crippen LogP contribution is -2.35. The van der Waals surface area contributed by atoms with Gasteiger partial charge < -0.3 is 20.5 Å². The molecule has 0 aliphatic heterocycles. The Bertz CT molecular complexity index is 819. The number of amides is 2. The topological polar surface area (TPSA) is 87.7 Å². The fraction of sp³-hybridized carbons (Fsp3) is 0.200. The molecule has 2 rings (SSSR count). The average Bonchev–Trinajstić information content (AvgIpc) is 2.68. The maximum absolute atomic E-state index is 12.5. The van der Waals surface area contributed by atoms with Crippen molar-refractivity contribution < 1.29 is 19.4 Å². The molecule has 2 aromatic carbocycles. The van der Waals surface area contributed by atoms with Crippen molar-refractivity contribution in [2.75, 3.05) is 20.3 Å². The predicted octanol–water partition coefficient (Wildman–Crippen LogP) is 2.62. The number of hydrogen-bond acceptors (Lipinski definition) is 4. The zero-order valence-corrected chi connectivity index (χ0v) is 15.6. The predicted molar refractivity (Wildman–Crippen MR) is 105 cm³/mol. The molecule has 0 atom stereocenters. The van der Waals surface area contributed by atoms with Gasteiger partial charge in [-0.15, -0.1) is 0 Å². The Hall–Kier alpha value is -2.83. The van der Waals surface area contributed by atoms with Crippen molar-refractivity contribution >= 4 is 29.5 Å². The highest BCUT2D eigenvalue weighted by Gasteiger charge is 2.16. The molecule has 0 aliphatic carbocycles. The third-order valence-corrected chi connectivity index (χ3v) is 3.99. The third-order valence-electron chi connectivity index (χ3n) is 3.66. The SMILES string of the molecule is COc1ccc(C=C(NC(=O)c2ccccc2Cl)C(=O)NCCCO)cc1. The first-order chi connectivity index (χ1) is 13.0. The summed E-state index contributed by atoms with van der Waals surface area (Å²) in [6, 6.07) is 13.6. The maximum Gasteiger partial charge on any atom is 0.267 e. The normalized spacial score (nSPS) is 11.0. The third kappa shape index (κ3) is 6.13. The molecule has 0 fully saturated rings. The number of ether oxygens (including phenoxy) is 1. The first kappa shape index (κ1) is 20.5. The van der Waals surface area contributed by atoms with Crippen molar-refractivity contribution in [3.05, 3.63) is 70.4 Å². The number of halogens is 1. The lowest BCUT2D eigenvalue weighted by molar-refractivity contribution is -0.117. The largest absolute Gasteiger partial charge is 0.497 e. The van der Waals surface area contributed by atoms with Gasteiger partial charge in [0.1, 0.15) is 11.4 Å². The number of aliphatic hydroxyl groups is 1. The molecule has 0 aliphatic rings. The first-order valence-corrected chi connectivity index (χ1v) is 8.73. The summed E-state index contributed by atoms with van der Waals surface area (Å²) in [5.41, 5.74) is 1.05. The van der Waals surface area contributed by atoms with Crippen LogP contribution in [-0.4, -0.2) is 37.2 Å². The number of benzene rings is 2. The van der Waals surface area contributed by atoms with E-state index in [4.69, 9.17) is 21.4 Å². The molecule has 0 unspecified atom stereocenters. The van der Waals surface area contributed by atoms with Crippen molar-refractivity contribution in [3.63, 3.8) is 0 Å². The summed E-state index contributed by atoms with van der Waals surface area (Å²) in [4.78, 5) is 25.0. The zero-order valence-electron chi connectivity index (χ0n) is 14.9. The van der Waals surface area contributed by atoms with Crippen molar-refractivity contribution in [2.45, 2.75) is 6.42 Å². The minimum Gasteiger partial charge on any atom is -0.497 e. The highest BCUT2D eigenvalue weighted by molar-refractivity contribution is 6.34. The minimum atomic E-state index is -0.488. The Morgan fingerprint density at radius 3 is 2.48 bits per heavy atom. The summed E-state index contributed by atoms with van der Waals surface area (Å²) in [5.74, 6) is -0.265. The highest BCUT2D eigenvalue weighted by atomic mass is 35.5. The zero-order chi connectivity index (χ0) is 19.6. The van der Waals surface area contributed by atoms with Crippen LogP contribution in [0, 0.1) is 0 Å². The monoisotopic (exact) mass is 388 g/mol. The molecule has 142 valence electrons. The van der Waals surface area contributed by atoms with Gasteiger partial charge in [-0.25, -0.2) is 0 Å². The van der Waals surface area contributed by atoms with Gasteiger partial charge in [0, 0.05) is 13.2 Å². The molecule has 0 spiro atoms. The second-order valence-electron chi connectivity index (χ2n) is 5.60. The van der Waals surface area contributed by atoms with Crippen LogP contribution in [0.15, 0.2) is 54.2 Å². The van der Waals surface area contributed by atoms with E-state index in [2.05, 4.69) is 10.6 Å². The van der Waals surface area contributed by atoms with E-state index in [9.17, 15) is 9.59 Å². The van der Waals surface area contributed by atoms with Crippen LogP contribution in [-0.2, 0) is 4.79 Å². The number of rotatable bonds is 8. The lowest BCUT2D eigenvalue weighted by atomic mass is 10.1.